The summed E-state index contributed by atoms with van der Waals surface area (Å²) in [5.74, 6) is 0.688. The summed E-state index contributed by atoms with van der Waals surface area (Å²) in [5.41, 5.74) is 3.86. The van der Waals surface area contributed by atoms with Crippen molar-refractivity contribution in [2.24, 2.45) is 0 Å². The summed E-state index contributed by atoms with van der Waals surface area (Å²) in [6.07, 6.45) is 5.67. The number of carbonyl (C=O) groups excluding carboxylic acids is 1. The van der Waals surface area contributed by atoms with Crippen molar-refractivity contribution in [3.05, 3.63) is 35.6 Å². The van der Waals surface area contributed by atoms with Crippen LogP contribution in [-0.2, 0) is 11.2 Å². The van der Waals surface area contributed by atoms with Gasteiger partial charge in [-0.15, -0.1) is 0 Å². The van der Waals surface area contributed by atoms with E-state index in [-0.39, 0.29) is 5.91 Å². The van der Waals surface area contributed by atoms with Crippen molar-refractivity contribution < 1.29 is 9.21 Å². The number of hydrogen-bond donors (Lipinski definition) is 1. The SMILES string of the molecule is CCC(=O)NCCC1CCc2ccc3occc3c21. The van der Waals surface area contributed by atoms with E-state index < -0.39 is 0 Å². The Labute approximate surface area is 113 Å². The third kappa shape index (κ3) is 2.25. The number of benzene rings is 1. The Morgan fingerprint density at radius 3 is 3.16 bits per heavy atom. The summed E-state index contributed by atoms with van der Waals surface area (Å²) in [6.45, 7) is 2.65. The number of furan rings is 1. The Morgan fingerprint density at radius 2 is 2.32 bits per heavy atom. The third-order valence-corrected chi connectivity index (χ3v) is 4.07. The number of fused-ring (bicyclic) bond motifs is 3. The molecule has 1 aliphatic rings. The van der Waals surface area contributed by atoms with Crippen LogP contribution in [0.15, 0.2) is 28.9 Å². The molecule has 1 aliphatic carbocycles. The lowest BCUT2D eigenvalue weighted by atomic mass is 9.95. The van der Waals surface area contributed by atoms with Gasteiger partial charge in [-0.05, 0) is 48.4 Å². The maximum atomic E-state index is 11.3. The number of nitrogens with one attached hydrogen (secondary N) is 1. The molecular weight excluding hydrogens is 238 g/mol. The van der Waals surface area contributed by atoms with E-state index in [1.54, 1.807) is 6.26 Å². The fourth-order valence-electron chi connectivity index (χ4n) is 3.09. The van der Waals surface area contributed by atoms with Crippen molar-refractivity contribution in [3.8, 4) is 0 Å². The van der Waals surface area contributed by atoms with Crippen molar-refractivity contribution >= 4 is 16.9 Å². The van der Waals surface area contributed by atoms with Crippen LogP contribution in [0.25, 0.3) is 11.0 Å². The molecule has 0 fully saturated rings. The summed E-state index contributed by atoms with van der Waals surface area (Å²) >= 11 is 0. The first-order chi connectivity index (χ1) is 9.29. The first-order valence-corrected chi connectivity index (χ1v) is 7.05. The van der Waals surface area contributed by atoms with Gasteiger partial charge in [0.2, 0.25) is 5.91 Å². The van der Waals surface area contributed by atoms with E-state index in [1.165, 1.54) is 22.9 Å². The van der Waals surface area contributed by atoms with Gasteiger partial charge in [-0.3, -0.25) is 4.79 Å². The molecule has 1 N–H and O–H groups in total. The molecule has 3 rings (SSSR count). The Hall–Kier alpha value is -1.77. The summed E-state index contributed by atoms with van der Waals surface area (Å²) in [7, 11) is 0. The molecular formula is C16H19NO2. The van der Waals surface area contributed by atoms with Crippen molar-refractivity contribution in [3.63, 3.8) is 0 Å². The van der Waals surface area contributed by atoms with E-state index in [1.807, 2.05) is 6.92 Å². The molecule has 3 heteroatoms. The van der Waals surface area contributed by atoms with Crippen LogP contribution in [0.2, 0.25) is 0 Å². The lowest BCUT2D eigenvalue weighted by Crippen LogP contribution is -2.24. The highest BCUT2D eigenvalue weighted by molar-refractivity contribution is 5.83. The van der Waals surface area contributed by atoms with Gasteiger partial charge in [-0.1, -0.05) is 13.0 Å². The predicted molar refractivity (Wildman–Crippen MR) is 75.2 cm³/mol. The Morgan fingerprint density at radius 1 is 1.42 bits per heavy atom. The van der Waals surface area contributed by atoms with Gasteiger partial charge in [-0.25, -0.2) is 0 Å². The second-order valence-corrected chi connectivity index (χ2v) is 5.20. The van der Waals surface area contributed by atoms with Crippen molar-refractivity contribution in [1.29, 1.82) is 0 Å². The molecule has 1 heterocycles. The molecule has 3 nitrogen and oxygen atoms in total. The quantitative estimate of drug-likeness (QED) is 0.912. The fourth-order valence-corrected chi connectivity index (χ4v) is 3.09. The zero-order chi connectivity index (χ0) is 13.2. The molecule has 1 aromatic carbocycles. The lowest BCUT2D eigenvalue weighted by molar-refractivity contribution is -0.120. The second kappa shape index (κ2) is 5.08. The third-order valence-electron chi connectivity index (χ3n) is 4.07. The van der Waals surface area contributed by atoms with Crippen LogP contribution in [0.3, 0.4) is 0 Å². The van der Waals surface area contributed by atoms with Gasteiger partial charge in [0, 0.05) is 18.4 Å². The average molecular weight is 257 g/mol. The monoisotopic (exact) mass is 257 g/mol. The van der Waals surface area contributed by atoms with Gasteiger partial charge in [0.1, 0.15) is 5.58 Å². The highest BCUT2D eigenvalue weighted by Crippen LogP contribution is 2.40. The Bertz CT molecular complexity index is 600. The number of aryl methyl sites for hydroxylation is 1. The highest BCUT2D eigenvalue weighted by atomic mass is 16.3. The fraction of sp³-hybridized carbons (Fsp3) is 0.438. The zero-order valence-corrected chi connectivity index (χ0v) is 11.2. The molecule has 0 radical (unpaired) electrons. The molecule has 0 bridgehead atoms. The van der Waals surface area contributed by atoms with E-state index in [9.17, 15) is 4.79 Å². The topological polar surface area (TPSA) is 42.2 Å². The van der Waals surface area contributed by atoms with Gasteiger partial charge in [0.05, 0.1) is 6.26 Å². The molecule has 0 saturated heterocycles. The maximum absolute atomic E-state index is 11.3. The van der Waals surface area contributed by atoms with Gasteiger partial charge in [0.25, 0.3) is 0 Å². The van der Waals surface area contributed by atoms with E-state index in [0.717, 1.165) is 25.0 Å². The predicted octanol–water partition coefficient (Wildman–Crippen LogP) is 3.38. The van der Waals surface area contributed by atoms with E-state index in [0.29, 0.717) is 12.3 Å². The van der Waals surface area contributed by atoms with Crippen LogP contribution in [0, 0.1) is 0 Å². The van der Waals surface area contributed by atoms with E-state index in [4.69, 9.17) is 4.42 Å². The second-order valence-electron chi connectivity index (χ2n) is 5.20. The largest absolute Gasteiger partial charge is 0.464 e. The van der Waals surface area contributed by atoms with Crippen LogP contribution in [0.1, 0.15) is 43.2 Å². The van der Waals surface area contributed by atoms with Crippen LogP contribution in [0.4, 0.5) is 0 Å². The number of carbonyl (C=O) groups is 1. The molecule has 1 atom stereocenters. The smallest absolute Gasteiger partial charge is 0.219 e. The number of hydrogen-bond acceptors (Lipinski definition) is 2. The minimum absolute atomic E-state index is 0.139. The van der Waals surface area contributed by atoms with E-state index in [2.05, 4.69) is 23.5 Å². The Kier molecular flexibility index (Phi) is 3.28. The van der Waals surface area contributed by atoms with Crippen LogP contribution >= 0.6 is 0 Å². The molecule has 2 aromatic rings. The van der Waals surface area contributed by atoms with Gasteiger partial charge >= 0.3 is 0 Å². The molecule has 100 valence electrons. The summed E-state index contributed by atoms with van der Waals surface area (Å²) < 4.78 is 5.48. The number of rotatable bonds is 4. The molecule has 1 aromatic heterocycles. The first-order valence-electron chi connectivity index (χ1n) is 7.05. The standard InChI is InChI=1S/C16H19NO2/c1-2-15(18)17-9-7-12-4-3-11-5-6-14-13(16(11)12)8-10-19-14/h5-6,8,10,12H,2-4,7,9H2,1H3,(H,17,18). The molecule has 1 amide bonds. The molecule has 0 aliphatic heterocycles. The van der Waals surface area contributed by atoms with Crippen LogP contribution in [0.5, 0.6) is 0 Å². The molecule has 0 spiro atoms. The summed E-state index contributed by atoms with van der Waals surface area (Å²) in [5, 5.41) is 4.22. The van der Waals surface area contributed by atoms with Gasteiger partial charge < -0.3 is 9.73 Å². The summed E-state index contributed by atoms with van der Waals surface area (Å²) in [6, 6.07) is 6.32. The Balaban J connectivity index is 1.77. The molecule has 1 unspecified atom stereocenters. The normalized spacial score (nSPS) is 17.6. The van der Waals surface area contributed by atoms with Crippen LogP contribution < -0.4 is 5.32 Å². The first kappa shape index (κ1) is 12.3. The van der Waals surface area contributed by atoms with Crippen molar-refractivity contribution in [2.45, 2.75) is 38.5 Å². The van der Waals surface area contributed by atoms with Crippen molar-refractivity contribution in [2.75, 3.05) is 6.54 Å². The van der Waals surface area contributed by atoms with Gasteiger partial charge in [-0.2, -0.15) is 0 Å². The highest BCUT2D eigenvalue weighted by Gasteiger charge is 2.25. The molecule has 19 heavy (non-hydrogen) atoms. The summed E-state index contributed by atoms with van der Waals surface area (Å²) in [4.78, 5) is 11.3. The minimum atomic E-state index is 0.139. The van der Waals surface area contributed by atoms with Crippen LogP contribution in [-0.4, -0.2) is 12.5 Å². The molecule has 0 saturated carbocycles. The number of amides is 1. The van der Waals surface area contributed by atoms with E-state index >= 15 is 0 Å². The van der Waals surface area contributed by atoms with Crippen molar-refractivity contribution in [1.82, 2.24) is 5.32 Å². The zero-order valence-electron chi connectivity index (χ0n) is 11.2. The maximum Gasteiger partial charge on any atom is 0.219 e. The average Bonchev–Trinajstić information content (AvgIpc) is 3.03. The lowest BCUT2D eigenvalue weighted by Gasteiger charge is -2.13. The minimum Gasteiger partial charge on any atom is -0.464 e. The van der Waals surface area contributed by atoms with Gasteiger partial charge in [0.15, 0.2) is 0 Å².